The molecule has 4 N–H and O–H groups in total. The lowest BCUT2D eigenvalue weighted by Gasteiger charge is -2.29. The van der Waals surface area contributed by atoms with Gasteiger partial charge < -0.3 is 20.7 Å². The molecule has 0 spiro atoms. The highest BCUT2D eigenvalue weighted by molar-refractivity contribution is 6.03. The highest BCUT2D eigenvalue weighted by Gasteiger charge is 2.33. The minimum atomic E-state index is -0.963. The molecule has 0 radical (unpaired) electrons. The summed E-state index contributed by atoms with van der Waals surface area (Å²) in [6.07, 6.45) is 4.79. The van der Waals surface area contributed by atoms with E-state index in [0.717, 1.165) is 12.8 Å². The van der Waals surface area contributed by atoms with E-state index in [1.807, 2.05) is 0 Å². The third kappa shape index (κ3) is 3.31. The molecule has 1 atom stereocenters. The molecule has 1 saturated carbocycles. The lowest BCUT2D eigenvalue weighted by atomic mass is 10.0. The molecule has 2 aromatic rings. The Morgan fingerprint density at radius 2 is 2.22 bits per heavy atom. The first kappa shape index (κ1) is 15.4. The molecule has 0 aliphatic heterocycles. The van der Waals surface area contributed by atoms with Crippen molar-refractivity contribution in [1.82, 2.24) is 25.6 Å². The van der Waals surface area contributed by atoms with Crippen molar-refractivity contribution in [1.29, 1.82) is 0 Å². The highest BCUT2D eigenvalue weighted by Crippen LogP contribution is 2.28. The molecule has 3 rings (SSSR count). The van der Waals surface area contributed by atoms with E-state index < -0.39 is 11.4 Å². The molecule has 1 fully saturated rings. The van der Waals surface area contributed by atoms with Crippen LogP contribution in [0.5, 0.6) is 0 Å². The SMILES string of the molecule is CC(CO)(CNC(=O)C1CC1)NC(=O)c1ncnc2[nH]ccc12. The fourth-order valence-corrected chi connectivity index (χ4v) is 2.30. The Hall–Kier alpha value is -2.48. The maximum Gasteiger partial charge on any atom is 0.271 e. The zero-order chi connectivity index (χ0) is 16.4. The molecular formula is C15H19N5O3. The highest BCUT2D eigenvalue weighted by atomic mass is 16.3. The van der Waals surface area contributed by atoms with E-state index in [4.69, 9.17) is 0 Å². The molecule has 1 unspecified atom stereocenters. The van der Waals surface area contributed by atoms with Crippen LogP contribution in [0.25, 0.3) is 11.0 Å². The Balaban J connectivity index is 1.71. The molecule has 0 saturated heterocycles. The Morgan fingerprint density at radius 3 is 2.91 bits per heavy atom. The van der Waals surface area contributed by atoms with Crippen LogP contribution in [0.2, 0.25) is 0 Å². The topological polar surface area (TPSA) is 120 Å². The van der Waals surface area contributed by atoms with Gasteiger partial charge in [0.05, 0.1) is 17.5 Å². The van der Waals surface area contributed by atoms with E-state index in [9.17, 15) is 14.7 Å². The largest absolute Gasteiger partial charge is 0.394 e. The van der Waals surface area contributed by atoms with Gasteiger partial charge >= 0.3 is 0 Å². The molecule has 1 aliphatic rings. The summed E-state index contributed by atoms with van der Waals surface area (Å²) in [5, 5.41) is 15.7. The van der Waals surface area contributed by atoms with E-state index >= 15 is 0 Å². The van der Waals surface area contributed by atoms with Crippen LogP contribution in [0.15, 0.2) is 18.6 Å². The summed E-state index contributed by atoms with van der Waals surface area (Å²) in [6.45, 7) is 1.53. The van der Waals surface area contributed by atoms with E-state index in [2.05, 4.69) is 25.6 Å². The normalized spacial score (nSPS) is 16.8. The number of H-pyrrole nitrogens is 1. The van der Waals surface area contributed by atoms with Gasteiger partial charge in [-0.25, -0.2) is 9.97 Å². The Morgan fingerprint density at radius 1 is 1.43 bits per heavy atom. The average molecular weight is 317 g/mol. The Bertz CT molecular complexity index is 740. The first-order chi connectivity index (χ1) is 11.0. The summed E-state index contributed by atoms with van der Waals surface area (Å²) in [4.78, 5) is 35.2. The summed E-state index contributed by atoms with van der Waals surface area (Å²) in [6, 6.07) is 1.72. The lowest BCUT2D eigenvalue weighted by molar-refractivity contribution is -0.122. The summed E-state index contributed by atoms with van der Waals surface area (Å²) < 4.78 is 0. The summed E-state index contributed by atoms with van der Waals surface area (Å²) in [5.74, 6) is -0.377. The van der Waals surface area contributed by atoms with Crippen LogP contribution in [-0.2, 0) is 4.79 Å². The number of aromatic amines is 1. The second kappa shape index (κ2) is 5.96. The number of amides is 2. The van der Waals surface area contributed by atoms with E-state index in [-0.39, 0.29) is 30.7 Å². The third-order valence-electron chi connectivity index (χ3n) is 3.93. The second-order valence-corrected chi connectivity index (χ2v) is 6.13. The zero-order valence-electron chi connectivity index (χ0n) is 12.8. The molecular weight excluding hydrogens is 298 g/mol. The number of hydrogen-bond acceptors (Lipinski definition) is 5. The number of nitrogens with zero attached hydrogens (tertiary/aromatic N) is 2. The quantitative estimate of drug-likeness (QED) is 0.596. The minimum Gasteiger partial charge on any atom is -0.394 e. The van der Waals surface area contributed by atoms with Crippen molar-refractivity contribution < 1.29 is 14.7 Å². The van der Waals surface area contributed by atoms with Gasteiger partial charge in [-0.05, 0) is 25.8 Å². The van der Waals surface area contributed by atoms with E-state index in [1.54, 1.807) is 19.2 Å². The summed E-state index contributed by atoms with van der Waals surface area (Å²) >= 11 is 0. The van der Waals surface area contributed by atoms with Crippen LogP contribution in [0.3, 0.4) is 0 Å². The summed E-state index contributed by atoms with van der Waals surface area (Å²) in [5.41, 5.74) is -0.169. The van der Waals surface area contributed by atoms with Gasteiger partial charge in [0.1, 0.15) is 17.7 Å². The predicted octanol–water partition coefficient (Wildman–Crippen LogP) is -0.0351. The first-order valence-electron chi connectivity index (χ1n) is 7.51. The summed E-state index contributed by atoms with van der Waals surface area (Å²) in [7, 11) is 0. The van der Waals surface area contributed by atoms with Crippen LogP contribution >= 0.6 is 0 Å². The zero-order valence-corrected chi connectivity index (χ0v) is 12.8. The molecule has 0 aromatic carbocycles. The van der Waals surface area contributed by atoms with Gasteiger partial charge in [-0.2, -0.15) is 0 Å². The molecule has 8 nitrogen and oxygen atoms in total. The second-order valence-electron chi connectivity index (χ2n) is 6.13. The molecule has 0 bridgehead atoms. The standard InChI is InChI=1S/C15H19N5O3/c1-15(7-21,6-17-13(22)9-2-3-9)20-14(23)11-10-4-5-16-12(10)19-8-18-11/h4-5,8-9,21H,2-3,6-7H2,1H3,(H,17,22)(H,20,23)(H,16,18,19). The van der Waals surface area contributed by atoms with Crippen molar-refractivity contribution in [2.75, 3.05) is 13.2 Å². The molecule has 1 aliphatic carbocycles. The number of hydrogen-bond donors (Lipinski definition) is 4. The fourth-order valence-electron chi connectivity index (χ4n) is 2.30. The molecule has 2 heterocycles. The number of aromatic nitrogens is 3. The Labute approximate surface area is 132 Å². The number of aliphatic hydroxyl groups excluding tert-OH is 1. The number of fused-ring (bicyclic) bond motifs is 1. The van der Waals surface area contributed by atoms with Gasteiger partial charge in [0, 0.05) is 18.7 Å². The van der Waals surface area contributed by atoms with Crippen molar-refractivity contribution in [2.24, 2.45) is 5.92 Å². The maximum absolute atomic E-state index is 12.5. The van der Waals surface area contributed by atoms with Gasteiger partial charge in [-0.3, -0.25) is 9.59 Å². The lowest BCUT2D eigenvalue weighted by Crippen LogP contribution is -2.56. The van der Waals surface area contributed by atoms with Gasteiger partial charge in [0.15, 0.2) is 0 Å². The van der Waals surface area contributed by atoms with Crippen molar-refractivity contribution in [3.05, 3.63) is 24.3 Å². The first-order valence-corrected chi connectivity index (χ1v) is 7.51. The average Bonchev–Trinajstić information content (AvgIpc) is 3.29. The molecule has 2 amide bonds. The van der Waals surface area contributed by atoms with Crippen LogP contribution in [0, 0.1) is 5.92 Å². The van der Waals surface area contributed by atoms with Gasteiger partial charge in [0.25, 0.3) is 5.91 Å². The molecule has 2 aromatic heterocycles. The monoisotopic (exact) mass is 317 g/mol. The maximum atomic E-state index is 12.5. The van der Waals surface area contributed by atoms with Crippen LogP contribution in [0.1, 0.15) is 30.3 Å². The van der Waals surface area contributed by atoms with E-state index in [1.165, 1.54) is 6.33 Å². The number of rotatable bonds is 6. The third-order valence-corrected chi connectivity index (χ3v) is 3.93. The van der Waals surface area contributed by atoms with Crippen LogP contribution < -0.4 is 10.6 Å². The van der Waals surface area contributed by atoms with Gasteiger partial charge in [-0.15, -0.1) is 0 Å². The fraction of sp³-hybridized carbons (Fsp3) is 0.467. The number of aliphatic hydroxyl groups is 1. The van der Waals surface area contributed by atoms with Crippen LogP contribution in [0.4, 0.5) is 0 Å². The smallest absolute Gasteiger partial charge is 0.271 e. The number of carbonyl (C=O) groups excluding carboxylic acids is 2. The van der Waals surface area contributed by atoms with Crippen molar-refractivity contribution >= 4 is 22.8 Å². The Kier molecular flexibility index (Phi) is 3.99. The predicted molar refractivity (Wildman–Crippen MR) is 82.6 cm³/mol. The minimum absolute atomic E-state index is 0.0333. The molecule has 122 valence electrons. The van der Waals surface area contributed by atoms with Crippen molar-refractivity contribution in [2.45, 2.75) is 25.3 Å². The van der Waals surface area contributed by atoms with E-state index in [0.29, 0.717) is 11.0 Å². The van der Waals surface area contributed by atoms with Crippen LogP contribution in [-0.4, -0.2) is 50.6 Å². The number of nitrogens with one attached hydrogen (secondary N) is 3. The molecule has 23 heavy (non-hydrogen) atoms. The molecule has 8 heteroatoms. The number of carbonyl (C=O) groups is 2. The van der Waals surface area contributed by atoms with Crippen molar-refractivity contribution in [3.8, 4) is 0 Å². The van der Waals surface area contributed by atoms with Gasteiger partial charge in [0.2, 0.25) is 5.91 Å². The van der Waals surface area contributed by atoms with Gasteiger partial charge in [-0.1, -0.05) is 0 Å². The van der Waals surface area contributed by atoms with Crippen molar-refractivity contribution in [3.63, 3.8) is 0 Å².